The van der Waals surface area contributed by atoms with Crippen LogP contribution in [0.15, 0.2) is 48.8 Å². The lowest BCUT2D eigenvalue weighted by atomic mass is 9.84. The summed E-state index contributed by atoms with van der Waals surface area (Å²) in [5.41, 5.74) is 1.85. The highest BCUT2D eigenvalue weighted by molar-refractivity contribution is 5.91. The zero-order valence-corrected chi connectivity index (χ0v) is 13.6. The van der Waals surface area contributed by atoms with Crippen molar-refractivity contribution in [3.63, 3.8) is 0 Å². The van der Waals surface area contributed by atoms with Gasteiger partial charge in [0.05, 0.1) is 18.7 Å². The molecule has 0 bridgehead atoms. The number of rotatable bonds is 3. The van der Waals surface area contributed by atoms with E-state index >= 15 is 0 Å². The predicted octanol–water partition coefficient (Wildman–Crippen LogP) is 3.97. The maximum absolute atomic E-state index is 14.0. The Labute approximate surface area is 139 Å². The third-order valence-electron chi connectivity index (χ3n) is 4.66. The fourth-order valence-electron chi connectivity index (χ4n) is 3.50. The summed E-state index contributed by atoms with van der Waals surface area (Å²) in [6.45, 7) is 3.14. The van der Waals surface area contributed by atoms with Crippen LogP contribution in [-0.4, -0.2) is 23.6 Å². The van der Waals surface area contributed by atoms with Gasteiger partial charge in [0.15, 0.2) is 11.6 Å². The Balaban J connectivity index is 1.82. The molecule has 24 heavy (non-hydrogen) atoms. The number of hydrogen-bond donors (Lipinski definition) is 0. The molecule has 0 aliphatic carbocycles. The number of anilines is 1. The first-order valence-electron chi connectivity index (χ1n) is 7.99. The molecule has 2 aromatic carbocycles. The molecule has 5 heteroatoms. The van der Waals surface area contributed by atoms with Crippen LogP contribution in [-0.2, 0) is 0 Å². The number of benzene rings is 2. The van der Waals surface area contributed by atoms with E-state index in [4.69, 9.17) is 4.74 Å². The Hall–Kier alpha value is -2.69. The van der Waals surface area contributed by atoms with Crippen molar-refractivity contribution in [2.24, 2.45) is 5.92 Å². The topological polar surface area (TPSA) is 38.2 Å². The molecule has 0 radical (unpaired) electrons. The summed E-state index contributed by atoms with van der Waals surface area (Å²) < 4.78 is 19.1. The minimum Gasteiger partial charge on any atom is -0.494 e. The second-order valence-corrected chi connectivity index (χ2v) is 6.19. The Morgan fingerprint density at radius 1 is 1.17 bits per heavy atom. The molecule has 0 amide bonds. The summed E-state index contributed by atoms with van der Waals surface area (Å²) in [5.74, 6) is 1.15. The fourth-order valence-corrected chi connectivity index (χ4v) is 3.50. The lowest BCUT2D eigenvalue weighted by Crippen LogP contribution is -2.49. The van der Waals surface area contributed by atoms with Gasteiger partial charge in [-0.2, -0.15) is 0 Å². The normalized spacial score (nSPS) is 20.0. The van der Waals surface area contributed by atoms with Crippen molar-refractivity contribution in [3.8, 4) is 5.75 Å². The highest BCUT2D eigenvalue weighted by atomic mass is 19.1. The zero-order chi connectivity index (χ0) is 16.7. The van der Waals surface area contributed by atoms with Crippen LogP contribution >= 0.6 is 0 Å². The van der Waals surface area contributed by atoms with Gasteiger partial charge < -0.3 is 9.64 Å². The van der Waals surface area contributed by atoms with Gasteiger partial charge >= 0.3 is 0 Å². The zero-order valence-electron chi connectivity index (χ0n) is 13.6. The highest BCUT2D eigenvalue weighted by Gasteiger charge is 2.38. The molecule has 2 unspecified atom stereocenters. The number of methoxy groups -OCH3 is 1. The van der Waals surface area contributed by atoms with Gasteiger partial charge in [-0.3, -0.25) is 0 Å². The van der Waals surface area contributed by atoms with Gasteiger partial charge in [0.2, 0.25) is 0 Å². The first kappa shape index (κ1) is 14.9. The van der Waals surface area contributed by atoms with Crippen molar-refractivity contribution in [2.75, 3.05) is 18.6 Å². The van der Waals surface area contributed by atoms with Crippen LogP contribution < -0.4 is 9.64 Å². The van der Waals surface area contributed by atoms with Gasteiger partial charge in [0.1, 0.15) is 12.1 Å². The average Bonchev–Trinajstić information content (AvgIpc) is 2.59. The van der Waals surface area contributed by atoms with Crippen LogP contribution in [0, 0.1) is 11.7 Å². The molecular weight excluding hydrogens is 305 g/mol. The molecule has 1 aliphatic heterocycles. The Morgan fingerprint density at radius 2 is 1.96 bits per heavy atom. The molecule has 0 spiro atoms. The third kappa shape index (κ3) is 2.28. The van der Waals surface area contributed by atoms with E-state index in [0.29, 0.717) is 11.4 Å². The minimum absolute atomic E-state index is 0.211. The minimum atomic E-state index is -0.411. The fraction of sp³-hybridized carbons (Fsp3) is 0.263. The average molecular weight is 323 g/mol. The quantitative estimate of drug-likeness (QED) is 0.731. The third-order valence-corrected chi connectivity index (χ3v) is 4.66. The SMILES string of the molecule is COc1cc2c(N3CC(C)C3c3ccccc3)ncnc2cc1F. The smallest absolute Gasteiger partial charge is 0.167 e. The molecule has 4 nitrogen and oxygen atoms in total. The Kier molecular flexibility index (Phi) is 3.56. The van der Waals surface area contributed by atoms with E-state index in [9.17, 15) is 4.39 Å². The maximum Gasteiger partial charge on any atom is 0.167 e. The number of fused-ring (bicyclic) bond motifs is 1. The summed E-state index contributed by atoms with van der Waals surface area (Å²) >= 11 is 0. The first-order valence-corrected chi connectivity index (χ1v) is 7.99. The molecule has 4 rings (SSSR count). The number of ether oxygens (including phenoxy) is 1. The van der Waals surface area contributed by atoms with Crippen LogP contribution in [0.5, 0.6) is 5.75 Å². The summed E-state index contributed by atoms with van der Waals surface area (Å²) in [5, 5.41) is 0.809. The Bertz CT molecular complexity index is 884. The standard InChI is InChI=1S/C19H18FN3O/c1-12-10-23(18(12)13-6-4-3-5-7-13)19-14-8-17(24-2)15(20)9-16(14)21-11-22-19/h3-9,11-12,18H,10H2,1-2H3. The van der Waals surface area contributed by atoms with Gasteiger partial charge in [-0.25, -0.2) is 14.4 Å². The van der Waals surface area contributed by atoms with Crippen LogP contribution in [0.2, 0.25) is 0 Å². The van der Waals surface area contributed by atoms with E-state index in [0.717, 1.165) is 17.7 Å². The van der Waals surface area contributed by atoms with E-state index in [1.165, 1.54) is 25.1 Å². The van der Waals surface area contributed by atoms with Crippen molar-refractivity contribution in [2.45, 2.75) is 13.0 Å². The first-order chi connectivity index (χ1) is 11.7. The van der Waals surface area contributed by atoms with Crippen molar-refractivity contribution in [1.29, 1.82) is 0 Å². The van der Waals surface area contributed by atoms with Crippen molar-refractivity contribution < 1.29 is 9.13 Å². The molecule has 1 aromatic heterocycles. The highest BCUT2D eigenvalue weighted by Crippen LogP contribution is 2.43. The maximum atomic E-state index is 14.0. The van der Waals surface area contributed by atoms with Crippen LogP contribution in [0.3, 0.4) is 0 Å². The number of nitrogens with zero attached hydrogens (tertiary/aromatic N) is 3. The van der Waals surface area contributed by atoms with Gasteiger partial charge in [-0.15, -0.1) is 0 Å². The van der Waals surface area contributed by atoms with Gasteiger partial charge in [-0.05, 0) is 17.5 Å². The molecule has 1 saturated heterocycles. The molecular formula is C19H18FN3O. The van der Waals surface area contributed by atoms with Crippen molar-refractivity contribution >= 4 is 16.7 Å². The summed E-state index contributed by atoms with van der Waals surface area (Å²) in [6.07, 6.45) is 1.49. The van der Waals surface area contributed by atoms with Gasteiger partial charge in [0.25, 0.3) is 0 Å². The predicted molar refractivity (Wildman–Crippen MR) is 91.7 cm³/mol. The number of halogens is 1. The molecule has 2 atom stereocenters. The lowest BCUT2D eigenvalue weighted by Gasteiger charge is -2.48. The van der Waals surface area contributed by atoms with E-state index in [-0.39, 0.29) is 11.8 Å². The Morgan fingerprint density at radius 3 is 2.67 bits per heavy atom. The van der Waals surface area contributed by atoms with E-state index < -0.39 is 5.82 Å². The molecule has 1 fully saturated rings. The second kappa shape index (κ2) is 5.74. The number of aromatic nitrogens is 2. The molecule has 0 saturated carbocycles. The summed E-state index contributed by atoms with van der Waals surface area (Å²) in [6, 6.07) is 13.7. The molecule has 0 N–H and O–H groups in total. The van der Waals surface area contributed by atoms with E-state index in [1.54, 1.807) is 6.07 Å². The second-order valence-electron chi connectivity index (χ2n) is 6.19. The molecule has 1 aliphatic rings. The van der Waals surface area contributed by atoms with Crippen molar-refractivity contribution in [3.05, 3.63) is 60.2 Å². The van der Waals surface area contributed by atoms with Gasteiger partial charge in [-0.1, -0.05) is 37.3 Å². The lowest BCUT2D eigenvalue weighted by molar-refractivity contribution is 0.323. The summed E-state index contributed by atoms with van der Waals surface area (Å²) in [7, 11) is 1.46. The molecule has 122 valence electrons. The van der Waals surface area contributed by atoms with Crippen LogP contribution in [0.25, 0.3) is 10.9 Å². The van der Waals surface area contributed by atoms with Gasteiger partial charge in [0, 0.05) is 18.0 Å². The molecule has 3 aromatic rings. The van der Waals surface area contributed by atoms with Crippen LogP contribution in [0.1, 0.15) is 18.5 Å². The van der Waals surface area contributed by atoms with Crippen LogP contribution in [0.4, 0.5) is 10.2 Å². The van der Waals surface area contributed by atoms with Crippen molar-refractivity contribution in [1.82, 2.24) is 9.97 Å². The molecule has 2 heterocycles. The summed E-state index contributed by atoms with van der Waals surface area (Å²) in [4.78, 5) is 10.9. The largest absolute Gasteiger partial charge is 0.494 e. The van der Waals surface area contributed by atoms with E-state index in [1.807, 2.05) is 6.07 Å². The van der Waals surface area contributed by atoms with E-state index in [2.05, 4.69) is 46.1 Å². The monoisotopic (exact) mass is 323 g/mol. The number of hydrogen-bond acceptors (Lipinski definition) is 4.